The predicted molar refractivity (Wildman–Crippen MR) is 76.1 cm³/mol. The molecule has 0 fully saturated rings. The Morgan fingerprint density at radius 2 is 1.95 bits per heavy atom. The lowest BCUT2D eigenvalue weighted by atomic mass is 10.1. The van der Waals surface area contributed by atoms with Crippen molar-refractivity contribution in [2.24, 2.45) is 7.05 Å². The molecule has 102 valence electrons. The number of benzene rings is 1. The van der Waals surface area contributed by atoms with Crippen LogP contribution in [0.5, 0.6) is 0 Å². The first kappa shape index (κ1) is 14.2. The van der Waals surface area contributed by atoms with Crippen molar-refractivity contribution in [2.75, 3.05) is 0 Å². The number of nitrogens with zero attached hydrogens (tertiary/aromatic N) is 2. The number of aryl methyl sites for hydroxylation is 1. The van der Waals surface area contributed by atoms with E-state index in [-0.39, 0.29) is 10.9 Å². The van der Waals surface area contributed by atoms with Gasteiger partial charge in [-0.15, -0.1) is 0 Å². The first-order valence-electron chi connectivity index (χ1n) is 5.65. The van der Waals surface area contributed by atoms with Crippen molar-refractivity contribution in [1.82, 2.24) is 14.5 Å². The van der Waals surface area contributed by atoms with E-state index in [0.29, 0.717) is 0 Å². The fourth-order valence-electron chi connectivity index (χ4n) is 1.66. The third-order valence-electron chi connectivity index (χ3n) is 2.69. The fraction of sp³-hybridized carbons (Fsp3) is 0.250. The molecule has 1 aromatic carbocycles. The second-order valence-corrected chi connectivity index (χ2v) is 6.87. The first-order valence-corrected chi connectivity index (χ1v) is 7.92. The van der Waals surface area contributed by atoms with Crippen LogP contribution in [0.1, 0.15) is 18.5 Å². The number of hydrogen-bond donors (Lipinski definition) is 1. The van der Waals surface area contributed by atoms with Crippen molar-refractivity contribution in [1.29, 1.82) is 0 Å². The molecule has 1 unspecified atom stereocenters. The van der Waals surface area contributed by atoms with E-state index in [4.69, 9.17) is 0 Å². The predicted octanol–water partition coefficient (Wildman–Crippen LogP) is 2.22. The third kappa shape index (κ3) is 3.43. The van der Waals surface area contributed by atoms with Gasteiger partial charge in [-0.05, 0) is 24.6 Å². The van der Waals surface area contributed by atoms with Crippen LogP contribution in [0.15, 0.2) is 46.0 Å². The second-order valence-electron chi connectivity index (χ2n) is 4.24. The van der Waals surface area contributed by atoms with Gasteiger partial charge in [0.25, 0.3) is 0 Å². The molecule has 5 nitrogen and oxygen atoms in total. The van der Waals surface area contributed by atoms with E-state index in [1.165, 1.54) is 17.1 Å². The summed E-state index contributed by atoms with van der Waals surface area (Å²) in [7, 11) is -1.86. The van der Waals surface area contributed by atoms with Gasteiger partial charge in [-0.3, -0.25) is 4.68 Å². The van der Waals surface area contributed by atoms with Crippen LogP contribution in [0.2, 0.25) is 0 Å². The zero-order valence-electron chi connectivity index (χ0n) is 10.5. The molecule has 1 aromatic heterocycles. The van der Waals surface area contributed by atoms with Crippen LogP contribution in [-0.4, -0.2) is 18.2 Å². The molecule has 1 heterocycles. The highest BCUT2D eigenvalue weighted by atomic mass is 79.9. The maximum Gasteiger partial charge on any atom is 0.244 e. The maximum atomic E-state index is 12.1. The summed E-state index contributed by atoms with van der Waals surface area (Å²) in [5, 5.41) is 3.87. The Bertz CT molecular complexity index is 665. The van der Waals surface area contributed by atoms with Crippen LogP contribution in [-0.2, 0) is 17.1 Å². The molecule has 2 aromatic rings. The SMILES string of the molecule is CC(NS(=O)(=O)c1cnn(C)c1)c1ccc(Br)cc1. The van der Waals surface area contributed by atoms with Gasteiger partial charge in [0.1, 0.15) is 4.90 Å². The van der Waals surface area contributed by atoms with Gasteiger partial charge in [-0.25, -0.2) is 13.1 Å². The summed E-state index contributed by atoms with van der Waals surface area (Å²) in [4.78, 5) is 0.166. The molecule has 2 rings (SSSR count). The molecule has 0 radical (unpaired) electrons. The molecule has 0 spiro atoms. The number of sulfonamides is 1. The van der Waals surface area contributed by atoms with Gasteiger partial charge in [-0.1, -0.05) is 28.1 Å². The van der Waals surface area contributed by atoms with Crippen LogP contribution in [0, 0.1) is 0 Å². The van der Waals surface area contributed by atoms with Gasteiger partial charge in [0.2, 0.25) is 10.0 Å². The number of rotatable bonds is 4. The molecular weight excluding hydrogens is 330 g/mol. The minimum atomic E-state index is -3.54. The Hall–Kier alpha value is -1.18. The lowest BCUT2D eigenvalue weighted by Gasteiger charge is -2.13. The van der Waals surface area contributed by atoms with Gasteiger partial charge in [0.05, 0.1) is 6.20 Å². The molecule has 0 bridgehead atoms. The number of halogens is 1. The Morgan fingerprint density at radius 3 is 2.47 bits per heavy atom. The van der Waals surface area contributed by atoms with E-state index >= 15 is 0 Å². The molecule has 7 heteroatoms. The molecule has 19 heavy (non-hydrogen) atoms. The molecule has 0 aliphatic heterocycles. The molecule has 0 saturated heterocycles. The summed E-state index contributed by atoms with van der Waals surface area (Å²) in [5.74, 6) is 0. The average Bonchev–Trinajstić information content (AvgIpc) is 2.77. The van der Waals surface area contributed by atoms with E-state index in [2.05, 4.69) is 25.8 Å². The van der Waals surface area contributed by atoms with Crippen molar-refractivity contribution >= 4 is 26.0 Å². The molecule has 0 aliphatic carbocycles. The van der Waals surface area contributed by atoms with E-state index in [1.54, 1.807) is 14.0 Å². The quantitative estimate of drug-likeness (QED) is 0.925. The highest BCUT2D eigenvalue weighted by Crippen LogP contribution is 2.19. The van der Waals surface area contributed by atoms with E-state index in [0.717, 1.165) is 10.0 Å². The van der Waals surface area contributed by atoms with Gasteiger partial charge >= 0.3 is 0 Å². The Morgan fingerprint density at radius 1 is 1.32 bits per heavy atom. The van der Waals surface area contributed by atoms with Crippen molar-refractivity contribution in [2.45, 2.75) is 17.9 Å². The van der Waals surface area contributed by atoms with Gasteiger partial charge in [0, 0.05) is 23.8 Å². The first-order chi connectivity index (χ1) is 8.88. The number of aromatic nitrogens is 2. The normalized spacial score (nSPS) is 13.4. The number of hydrogen-bond acceptors (Lipinski definition) is 3. The average molecular weight is 344 g/mol. The molecule has 1 N–H and O–H groups in total. The zero-order valence-corrected chi connectivity index (χ0v) is 12.9. The van der Waals surface area contributed by atoms with Gasteiger partial charge in [-0.2, -0.15) is 5.10 Å². The van der Waals surface area contributed by atoms with Crippen molar-refractivity contribution in [3.63, 3.8) is 0 Å². The summed E-state index contributed by atoms with van der Waals surface area (Å²) < 4.78 is 29.3. The summed E-state index contributed by atoms with van der Waals surface area (Å²) in [5.41, 5.74) is 0.899. The highest BCUT2D eigenvalue weighted by molar-refractivity contribution is 9.10. The minimum Gasteiger partial charge on any atom is -0.274 e. The van der Waals surface area contributed by atoms with Crippen LogP contribution >= 0.6 is 15.9 Å². The molecule has 0 aliphatic rings. The Kier molecular flexibility index (Phi) is 4.07. The molecule has 1 atom stereocenters. The second kappa shape index (κ2) is 5.44. The molecule has 0 amide bonds. The lowest BCUT2D eigenvalue weighted by Crippen LogP contribution is -2.26. The monoisotopic (exact) mass is 343 g/mol. The van der Waals surface area contributed by atoms with Crippen LogP contribution in [0.25, 0.3) is 0 Å². The summed E-state index contributed by atoms with van der Waals surface area (Å²) in [6.45, 7) is 1.80. The largest absolute Gasteiger partial charge is 0.274 e. The standard InChI is InChI=1S/C12H14BrN3O2S/c1-9(10-3-5-11(13)6-4-10)15-19(17,18)12-7-14-16(2)8-12/h3-9,15H,1-2H3. The van der Waals surface area contributed by atoms with Gasteiger partial charge < -0.3 is 0 Å². The van der Waals surface area contributed by atoms with Crippen molar-refractivity contribution < 1.29 is 8.42 Å². The summed E-state index contributed by atoms with van der Waals surface area (Å²) in [6, 6.07) is 7.20. The van der Waals surface area contributed by atoms with Gasteiger partial charge in [0.15, 0.2) is 0 Å². The molecular formula is C12H14BrN3O2S. The van der Waals surface area contributed by atoms with Crippen LogP contribution in [0.4, 0.5) is 0 Å². The van der Waals surface area contributed by atoms with Crippen LogP contribution < -0.4 is 4.72 Å². The topological polar surface area (TPSA) is 64.0 Å². The van der Waals surface area contributed by atoms with E-state index in [9.17, 15) is 8.42 Å². The third-order valence-corrected chi connectivity index (χ3v) is 4.72. The zero-order chi connectivity index (χ0) is 14.0. The lowest BCUT2D eigenvalue weighted by molar-refractivity contribution is 0.567. The molecule has 0 saturated carbocycles. The maximum absolute atomic E-state index is 12.1. The van der Waals surface area contributed by atoms with Crippen molar-refractivity contribution in [3.05, 3.63) is 46.7 Å². The summed E-state index contributed by atoms with van der Waals surface area (Å²) in [6.07, 6.45) is 2.80. The smallest absolute Gasteiger partial charge is 0.244 e. The van der Waals surface area contributed by atoms with E-state index in [1.807, 2.05) is 24.3 Å². The number of nitrogens with one attached hydrogen (secondary N) is 1. The highest BCUT2D eigenvalue weighted by Gasteiger charge is 2.19. The summed E-state index contributed by atoms with van der Waals surface area (Å²) >= 11 is 3.35. The minimum absolute atomic E-state index is 0.166. The van der Waals surface area contributed by atoms with Crippen molar-refractivity contribution in [3.8, 4) is 0 Å². The fourth-order valence-corrected chi connectivity index (χ4v) is 3.14. The van der Waals surface area contributed by atoms with E-state index < -0.39 is 10.0 Å². The van der Waals surface area contributed by atoms with Crippen LogP contribution in [0.3, 0.4) is 0 Å². The Labute approximate surface area is 120 Å². The Balaban J connectivity index is 2.18.